The summed E-state index contributed by atoms with van der Waals surface area (Å²) in [7, 11) is 1.30. The van der Waals surface area contributed by atoms with Crippen LogP contribution in [0, 0.1) is 5.41 Å². The topological polar surface area (TPSA) is 107 Å². The lowest BCUT2D eigenvalue weighted by atomic mass is 9.84. The van der Waals surface area contributed by atoms with Gasteiger partial charge in [-0.15, -0.1) is 0 Å². The Morgan fingerprint density at radius 1 is 1.24 bits per heavy atom. The van der Waals surface area contributed by atoms with Gasteiger partial charge < -0.3 is 20.1 Å². The minimum Gasteiger partial charge on any atom is -0.465 e. The molecule has 0 bridgehead atoms. The molecule has 8 heteroatoms. The lowest BCUT2D eigenvalue weighted by molar-refractivity contribution is -0.144. The van der Waals surface area contributed by atoms with Gasteiger partial charge in [0, 0.05) is 20.0 Å². The molecule has 0 aromatic heterocycles. The van der Waals surface area contributed by atoms with Gasteiger partial charge in [0.15, 0.2) is 0 Å². The number of amides is 3. The minimum atomic E-state index is -1.24. The van der Waals surface area contributed by atoms with E-state index in [2.05, 4.69) is 5.32 Å². The van der Waals surface area contributed by atoms with Gasteiger partial charge in [-0.1, -0.05) is 45.0 Å². The van der Waals surface area contributed by atoms with Gasteiger partial charge in [-0.3, -0.25) is 14.5 Å². The molecule has 0 fully saturated rings. The second-order valence-electron chi connectivity index (χ2n) is 8.52. The number of carbonyl (C=O) groups is 4. The minimum absolute atomic E-state index is 0.283. The summed E-state index contributed by atoms with van der Waals surface area (Å²) in [5.41, 5.74) is 1.36. The second-order valence-corrected chi connectivity index (χ2v) is 8.52. The van der Waals surface area contributed by atoms with Gasteiger partial charge in [-0.05, 0) is 23.5 Å². The number of aldehydes is 1. The molecule has 3 unspecified atom stereocenters. The Kier molecular flexibility index (Phi) is 6.66. The van der Waals surface area contributed by atoms with Crippen molar-refractivity contribution in [3.05, 3.63) is 35.4 Å². The Hall–Kier alpha value is -2.90. The molecule has 1 aromatic carbocycles. The van der Waals surface area contributed by atoms with Crippen LogP contribution in [0.15, 0.2) is 24.3 Å². The quantitative estimate of drug-likeness (QED) is 0.727. The molecule has 2 rings (SSSR count). The van der Waals surface area contributed by atoms with Crippen molar-refractivity contribution in [3.63, 3.8) is 0 Å². The van der Waals surface area contributed by atoms with Crippen molar-refractivity contribution in [1.29, 1.82) is 0 Å². The molecule has 0 aliphatic carbocycles. The Labute approximate surface area is 170 Å². The number of hydrogen-bond donors (Lipinski definition) is 2. The number of nitrogens with one attached hydrogen (secondary N) is 1. The Morgan fingerprint density at radius 2 is 1.83 bits per heavy atom. The van der Waals surface area contributed by atoms with E-state index in [-0.39, 0.29) is 12.5 Å². The van der Waals surface area contributed by atoms with E-state index in [1.165, 1.54) is 18.9 Å². The molecule has 2 N–H and O–H groups in total. The normalized spacial score (nSPS) is 18.2. The summed E-state index contributed by atoms with van der Waals surface area (Å²) in [6, 6.07) is 5.16. The molecule has 1 aliphatic rings. The van der Waals surface area contributed by atoms with Crippen molar-refractivity contribution < 1.29 is 24.3 Å². The molecule has 8 nitrogen and oxygen atoms in total. The predicted molar refractivity (Wildman–Crippen MR) is 107 cm³/mol. The zero-order valence-corrected chi connectivity index (χ0v) is 17.5. The molecule has 0 spiro atoms. The summed E-state index contributed by atoms with van der Waals surface area (Å²) in [6.45, 7) is 7.18. The van der Waals surface area contributed by atoms with E-state index < -0.39 is 35.5 Å². The molecule has 0 saturated carbocycles. The van der Waals surface area contributed by atoms with Crippen molar-refractivity contribution in [3.8, 4) is 0 Å². The number of carbonyl (C=O) groups excluding carboxylic acids is 3. The van der Waals surface area contributed by atoms with Crippen LogP contribution in [-0.4, -0.2) is 64.3 Å². The molecule has 0 saturated heterocycles. The molecule has 1 aliphatic heterocycles. The summed E-state index contributed by atoms with van der Waals surface area (Å²) >= 11 is 0. The van der Waals surface area contributed by atoms with Crippen molar-refractivity contribution in [2.75, 3.05) is 7.05 Å². The van der Waals surface area contributed by atoms with Crippen molar-refractivity contribution in [2.24, 2.45) is 5.41 Å². The number of nitrogens with zero attached hydrogens (tertiary/aromatic N) is 2. The van der Waals surface area contributed by atoms with Crippen LogP contribution < -0.4 is 5.32 Å². The summed E-state index contributed by atoms with van der Waals surface area (Å²) in [5, 5.41) is 11.8. The van der Waals surface area contributed by atoms with Crippen molar-refractivity contribution >= 4 is 24.2 Å². The van der Waals surface area contributed by atoms with Crippen LogP contribution in [0.2, 0.25) is 0 Å². The van der Waals surface area contributed by atoms with Gasteiger partial charge in [-0.2, -0.15) is 0 Å². The highest BCUT2D eigenvalue weighted by molar-refractivity contribution is 5.92. The fourth-order valence-electron chi connectivity index (χ4n) is 3.33. The SMILES string of the molecule is CC(C(=O)NC(C(=O)N1Cc2ccccc2CC1C=O)C(C)(C)C)N(C)C(=O)O. The monoisotopic (exact) mass is 403 g/mol. The summed E-state index contributed by atoms with van der Waals surface area (Å²) in [6.07, 6.45) is -0.0511. The molecule has 0 radical (unpaired) electrons. The largest absolute Gasteiger partial charge is 0.465 e. The van der Waals surface area contributed by atoms with E-state index in [0.717, 1.165) is 22.3 Å². The fourth-order valence-corrected chi connectivity index (χ4v) is 3.33. The third-order valence-corrected chi connectivity index (χ3v) is 5.39. The number of likely N-dealkylation sites (N-methyl/N-ethyl adjacent to an activating group) is 1. The van der Waals surface area contributed by atoms with Crippen LogP contribution >= 0.6 is 0 Å². The van der Waals surface area contributed by atoms with Crippen molar-refractivity contribution in [1.82, 2.24) is 15.1 Å². The lowest BCUT2D eigenvalue weighted by Gasteiger charge is -2.40. The van der Waals surface area contributed by atoms with Crippen LogP contribution in [-0.2, 0) is 27.3 Å². The Balaban J connectivity index is 2.28. The molecule has 1 aromatic rings. The lowest BCUT2D eigenvalue weighted by Crippen LogP contribution is -2.60. The first kappa shape index (κ1) is 22.4. The molecule has 1 heterocycles. The van der Waals surface area contributed by atoms with E-state index >= 15 is 0 Å². The number of rotatable bonds is 5. The Bertz CT molecular complexity index is 802. The molecule has 158 valence electrons. The van der Waals surface area contributed by atoms with Crippen LogP contribution in [0.25, 0.3) is 0 Å². The van der Waals surface area contributed by atoms with E-state index in [1.54, 1.807) is 0 Å². The molecular formula is C21H29N3O5. The third-order valence-electron chi connectivity index (χ3n) is 5.39. The maximum absolute atomic E-state index is 13.4. The maximum atomic E-state index is 13.4. The first-order chi connectivity index (χ1) is 13.5. The standard InChI is InChI=1S/C21H29N3O5/c1-13(23(5)20(28)29)18(26)22-17(21(2,3)4)19(27)24-11-15-9-7-6-8-14(15)10-16(24)12-25/h6-9,12-13,16-17H,10-11H2,1-5H3,(H,22,26)(H,28,29). The van der Waals surface area contributed by atoms with Gasteiger partial charge in [0.2, 0.25) is 11.8 Å². The highest BCUT2D eigenvalue weighted by atomic mass is 16.4. The van der Waals surface area contributed by atoms with Crippen LogP contribution in [0.5, 0.6) is 0 Å². The number of benzene rings is 1. The summed E-state index contributed by atoms with van der Waals surface area (Å²) < 4.78 is 0. The summed E-state index contributed by atoms with van der Waals surface area (Å²) in [4.78, 5) is 51.2. The average molecular weight is 403 g/mol. The highest BCUT2D eigenvalue weighted by Crippen LogP contribution is 2.27. The molecular weight excluding hydrogens is 374 g/mol. The average Bonchev–Trinajstić information content (AvgIpc) is 2.67. The third kappa shape index (κ3) is 4.93. The highest BCUT2D eigenvalue weighted by Gasteiger charge is 2.40. The molecule has 3 amide bonds. The van der Waals surface area contributed by atoms with Crippen LogP contribution in [0.4, 0.5) is 4.79 Å². The van der Waals surface area contributed by atoms with Gasteiger partial charge in [0.05, 0.1) is 6.04 Å². The molecule has 29 heavy (non-hydrogen) atoms. The number of carboxylic acid groups (broad SMARTS) is 1. The van der Waals surface area contributed by atoms with E-state index in [1.807, 2.05) is 45.0 Å². The van der Waals surface area contributed by atoms with Gasteiger partial charge in [0.25, 0.3) is 0 Å². The van der Waals surface area contributed by atoms with Crippen LogP contribution in [0.3, 0.4) is 0 Å². The van der Waals surface area contributed by atoms with Crippen LogP contribution in [0.1, 0.15) is 38.8 Å². The van der Waals surface area contributed by atoms with Crippen molar-refractivity contribution in [2.45, 2.75) is 58.8 Å². The maximum Gasteiger partial charge on any atom is 0.407 e. The first-order valence-electron chi connectivity index (χ1n) is 9.56. The zero-order valence-electron chi connectivity index (χ0n) is 17.5. The number of hydrogen-bond acceptors (Lipinski definition) is 4. The van der Waals surface area contributed by atoms with Gasteiger partial charge in [-0.25, -0.2) is 4.79 Å². The molecule has 3 atom stereocenters. The fraction of sp³-hybridized carbons (Fsp3) is 0.524. The number of fused-ring (bicyclic) bond motifs is 1. The van der Waals surface area contributed by atoms with Gasteiger partial charge in [0.1, 0.15) is 18.4 Å². The summed E-state index contributed by atoms with van der Waals surface area (Å²) in [5.74, 6) is -0.925. The smallest absolute Gasteiger partial charge is 0.407 e. The second kappa shape index (κ2) is 8.63. The predicted octanol–water partition coefficient (Wildman–Crippen LogP) is 1.67. The van der Waals surface area contributed by atoms with E-state index in [9.17, 15) is 19.2 Å². The Morgan fingerprint density at radius 3 is 2.34 bits per heavy atom. The van der Waals surface area contributed by atoms with E-state index in [0.29, 0.717) is 6.42 Å². The van der Waals surface area contributed by atoms with E-state index in [4.69, 9.17) is 5.11 Å². The first-order valence-corrected chi connectivity index (χ1v) is 9.56. The zero-order chi connectivity index (χ0) is 21.9. The van der Waals surface area contributed by atoms with Gasteiger partial charge >= 0.3 is 6.09 Å².